The molecule has 0 radical (unpaired) electrons. The molecule has 0 aromatic carbocycles. The molecular weight excluding hydrogens is 107 g/mol. The largest absolute Gasteiger partial charge is 0.261 e. The highest BCUT2D eigenvalue weighted by Crippen LogP contribution is 2.03. The minimum Gasteiger partial charge on any atom is -0.261 e. The molecule has 0 fully saturated rings. The second-order valence-electron chi connectivity index (χ2n) is 2.32. The molecule has 3 heteroatoms. The molecule has 0 spiro atoms. The van der Waals surface area contributed by atoms with Crippen molar-refractivity contribution in [2.45, 2.75) is 19.5 Å². The minimum absolute atomic E-state index is 0.337. The SMILES string of the molecule is CNNCC(C)(C)F. The zero-order valence-electron chi connectivity index (χ0n) is 5.59. The molecule has 0 rings (SSSR count). The van der Waals surface area contributed by atoms with Crippen molar-refractivity contribution in [3.63, 3.8) is 0 Å². The molecule has 0 heterocycles. The summed E-state index contributed by atoms with van der Waals surface area (Å²) in [6.07, 6.45) is 0. The van der Waals surface area contributed by atoms with Crippen LogP contribution in [0.25, 0.3) is 0 Å². The fourth-order valence-corrected chi connectivity index (χ4v) is 0.299. The third-order valence-corrected chi connectivity index (χ3v) is 0.686. The predicted octanol–water partition coefficient (Wildman–Crippen LogP) is 0.458. The van der Waals surface area contributed by atoms with Crippen LogP contribution in [0.3, 0.4) is 0 Å². The van der Waals surface area contributed by atoms with Crippen LogP contribution in [0.2, 0.25) is 0 Å². The smallest absolute Gasteiger partial charge is 0.119 e. The van der Waals surface area contributed by atoms with E-state index in [1.807, 2.05) is 0 Å². The standard InChI is InChI=1S/C5H13FN2/c1-5(2,6)4-8-7-3/h7-8H,4H2,1-3H3. The van der Waals surface area contributed by atoms with Gasteiger partial charge in [0, 0.05) is 6.54 Å². The number of nitrogens with one attached hydrogen (secondary N) is 2. The fourth-order valence-electron chi connectivity index (χ4n) is 0.299. The van der Waals surface area contributed by atoms with Gasteiger partial charge in [-0.1, -0.05) is 0 Å². The van der Waals surface area contributed by atoms with Gasteiger partial charge in [0.05, 0.1) is 0 Å². The van der Waals surface area contributed by atoms with Crippen LogP contribution in [0.5, 0.6) is 0 Å². The third-order valence-electron chi connectivity index (χ3n) is 0.686. The lowest BCUT2D eigenvalue weighted by Gasteiger charge is -2.13. The molecule has 0 aromatic heterocycles. The van der Waals surface area contributed by atoms with E-state index in [1.54, 1.807) is 7.05 Å². The minimum atomic E-state index is -1.12. The Labute approximate surface area is 49.4 Å². The lowest BCUT2D eigenvalue weighted by atomic mass is 10.2. The van der Waals surface area contributed by atoms with Gasteiger partial charge in [-0.3, -0.25) is 10.9 Å². The molecule has 8 heavy (non-hydrogen) atoms. The summed E-state index contributed by atoms with van der Waals surface area (Å²) in [4.78, 5) is 0. The average Bonchev–Trinajstić information content (AvgIpc) is 1.59. The molecule has 0 atom stereocenters. The summed E-state index contributed by atoms with van der Waals surface area (Å²) in [6.45, 7) is 3.39. The molecule has 2 nitrogen and oxygen atoms in total. The fraction of sp³-hybridized carbons (Fsp3) is 1.00. The van der Waals surface area contributed by atoms with Crippen LogP contribution in [0.15, 0.2) is 0 Å². The number of rotatable bonds is 3. The van der Waals surface area contributed by atoms with E-state index in [9.17, 15) is 4.39 Å². The predicted molar refractivity (Wildman–Crippen MR) is 32.2 cm³/mol. The van der Waals surface area contributed by atoms with E-state index in [1.165, 1.54) is 13.8 Å². The maximum atomic E-state index is 12.5. The van der Waals surface area contributed by atoms with Crippen LogP contribution in [0.1, 0.15) is 13.8 Å². The Morgan fingerprint density at radius 3 is 2.12 bits per heavy atom. The summed E-state index contributed by atoms with van der Waals surface area (Å²) in [7, 11) is 1.71. The van der Waals surface area contributed by atoms with Crippen molar-refractivity contribution in [1.82, 2.24) is 10.9 Å². The first-order valence-electron chi connectivity index (χ1n) is 2.65. The molecule has 0 aromatic rings. The Kier molecular flexibility index (Phi) is 2.94. The average molecular weight is 120 g/mol. The van der Waals surface area contributed by atoms with Crippen LogP contribution in [-0.2, 0) is 0 Å². The van der Waals surface area contributed by atoms with Crippen molar-refractivity contribution in [3.8, 4) is 0 Å². The van der Waals surface area contributed by atoms with E-state index < -0.39 is 5.67 Å². The first kappa shape index (κ1) is 7.85. The number of hydrazine groups is 1. The topological polar surface area (TPSA) is 24.1 Å². The van der Waals surface area contributed by atoms with Gasteiger partial charge < -0.3 is 0 Å². The Morgan fingerprint density at radius 1 is 1.50 bits per heavy atom. The molecule has 0 amide bonds. The highest BCUT2D eigenvalue weighted by molar-refractivity contribution is 4.66. The van der Waals surface area contributed by atoms with Crippen LogP contribution in [0, 0.1) is 0 Å². The second kappa shape index (κ2) is 2.99. The number of alkyl halides is 1. The summed E-state index contributed by atoms with van der Waals surface area (Å²) in [5.74, 6) is 0. The van der Waals surface area contributed by atoms with E-state index in [-0.39, 0.29) is 0 Å². The van der Waals surface area contributed by atoms with Gasteiger partial charge in [0.25, 0.3) is 0 Å². The van der Waals surface area contributed by atoms with Gasteiger partial charge in [0.2, 0.25) is 0 Å². The molecule has 0 unspecified atom stereocenters. The zero-order valence-corrected chi connectivity index (χ0v) is 5.59. The van der Waals surface area contributed by atoms with Crippen molar-refractivity contribution < 1.29 is 4.39 Å². The van der Waals surface area contributed by atoms with Crippen molar-refractivity contribution in [3.05, 3.63) is 0 Å². The van der Waals surface area contributed by atoms with Crippen LogP contribution in [-0.4, -0.2) is 19.3 Å². The number of hydrogen-bond donors (Lipinski definition) is 2. The monoisotopic (exact) mass is 120 g/mol. The summed E-state index contributed by atoms with van der Waals surface area (Å²) in [6, 6.07) is 0. The van der Waals surface area contributed by atoms with Crippen LogP contribution >= 0.6 is 0 Å². The lowest BCUT2D eigenvalue weighted by Crippen LogP contribution is -2.38. The molecule has 0 saturated carbocycles. The van der Waals surface area contributed by atoms with Gasteiger partial charge in [-0.2, -0.15) is 0 Å². The summed E-state index contributed by atoms with van der Waals surface area (Å²) in [5, 5.41) is 0. The zero-order chi connectivity index (χ0) is 6.62. The molecule has 0 bridgehead atoms. The van der Waals surface area contributed by atoms with Gasteiger partial charge in [-0.25, -0.2) is 4.39 Å². The van der Waals surface area contributed by atoms with E-state index >= 15 is 0 Å². The van der Waals surface area contributed by atoms with Crippen LogP contribution in [0.4, 0.5) is 4.39 Å². The van der Waals surface area contributed by atoms with E-state index in [4.69, 9.17) is 0 Å². The Hall–Kier alpha value is -0.150. The maximum absolute atomic E-state index is 12.5. The van der Waals surface area contributed by atoms with Gasteiger partial charge in [-0.05, 0) is 20.9 Å². The van der Waals surface area contributed by atoms with Gasteiger partial charge >= 0.3 is 0 Å². The molecular formula is C5H13FN2. The molecule has 0 aliphatic rings. The maximum Gasteiger partial charge on any atom is 0.119 e. The Balaban J connectivity index is 3.11. The first-order valence-corrected chi connectivity index (χ1v) is 2.65. The van der Waals surface area contributed by atoms with Crippen LogP contribution < -0.4 is 10.9 Å². The molecule has 50 valence electrons. The quantitative estimate of drug-likeness (QED) is 0.529. The van der Waals surface area contributed by atoms with Gasteiger partial charge in [0.1, 0.15) is 5.67 Å². The summed E-state index contributed by atoms with van der Waals surface area (Å²) < 4.78 is 12.5. The number of halogens is 1. The van der Waals surface area contributed by atoms with E-state index in [0.717, 1.165) is 0 Å². The molecule has 0 saturated heterocycles. The first-order chi connectivity index (χ1) is 3.56. The van der Waals surface area contributed by atoms with E-state index in [2.05, 4.69) is 10.9 Å². The van der Waals surface area contributed by atoms with Crippen molar-refractivity contribution in [2.24, 2.45) is 0 Å². The molecule has 0 aliphatic heterocycles. The van der Waals surface area contributed by atoms with Gasteiger partial charge in [-0.15, -0.1) is 0 Å². The number of hydrogen-bond acceptors (Lipinski definition) is 2. The van der Waals surface area contributed by atoms with Crippen molar-refractivity contribution in [1.29, 1.82) is 0 Å². The van der Waals surface area contributed by atoms with E-state index in [0.29, 0.717) is 6.54 Å². The second-order valence-corrected chi connectivity index (χ2v) is 2.32. The highest BCUT2D eigenvalue weighted by Gasteiger charge is 2.12. The molecule has 0 aliphatic carbocycles. The summed E-state index contributed by atoms with van der Waals surface area (Å²) >= 11 is 0. The molecule has 2 N–H and O–H groups in total. The third kappa shape index (κ3) is 5.85. The van der Waals surface area contributed by atoms with Gasteiger partial charge in [0.15, 0.2) is 0 Å². The Bertz CT molecular complexity index is 57.9. The lowest BCUT2D eigenvalue weighted by molar-refractivity contribution is 0.204. The van der Waals surface area contributed by atoms with Crippen molar-refractivity contribution in [2.75, 3.05) is 13.6 Å². The highest BCUT2D eigenvalue weighted by atomic mass is 19.1. The summed E-state index contributed by atoms with van der Waals surface area (Å²) in [5.41, 5.74) is 4.18. The van der Waals surface area contributed by atoms with Crippen molar-refractivity contribution >= 4 is 0 Å². The Morgan fingerprint density at radius 2 is 2.00 bits per heavy atom. The normalized spacial score (nSPS) is 12.0.